The van der Waals surface area contributed by atoms with E-state index in [2.05, 4.69) is 46.1 Å². The molecule has 3 rings (SSSR count). The number of nitrogens with zero attached hydrogens (tertiary/aromatic N) is 2. The Bertz CT molecular complexity index is 668. The van der Waals surface area contributed by atoms with Crippen LogP contribution in [0.4, 0.5) is 5.69 Å². The van der Waals surface area contributed by atoms with Crippen LogP contribution in [0.25, 0.3) is 4.85 Å². The second-order valence-electron chi connectivity index (χ2n) is 6.86. The van der Waals surface area contributed by atoms with Gasteiger partial charge in [0.05, 0.1) is 6.57 Å². The zero-order valence-corrected chi connectivity index (χ0v) is 14.3. The van der Waals surface area contributed by atoms with Crippen molar-refractivity contribution in [1.29, 1.82) is 0 Å². The van der Waals surface area contributed by atoms with E-state index in [0.717, 1.165) is 37.5 Å². The first-order chi connectivity index (χ1) is 11.8. The molecule has 0 aliphatic heterocycles. The molecule has 2 heteroatoms. The highest BCUT2D eigenvalue weighted by Crippen LogP contribution is 2.27. The molecule has 0 radical (unpaired) electrons. The highest BCUT2D eigenvalue weighted by molar-refractivity contribution is 5.46. The Morgan fingerprint density at radius 1 is 0.917 bits per heavy atom. The van der Waals surface area contributed by atoms with Gasteiger partial charge in [0.1, 0.15) is 0 Å². The maximum absolute atomic E-state index is 7.16. The van der Waals surface area contributed by atoms with Gasteiger partial charge in [0, 0.05) is 19.6 Å². The molecule has 1 fully saturated rings. The van der Waals surface area contributed by atoms with E-state index in [4.69, 9.17) is 6.57 Å². The predicted molar refractivity (Wildman–Crippen MR) is 100 cm³/mol. The first-order valence-electron chi connectivity index (χ1n) is 9.06. The average molecular weight is 318 g/mol. The molecule has 124 valence electrons. The molecule has 0 N–H and O–H groups in total. The van der Waals surface area contributed by atoms with Crippen molar-refractivity contribution in [3.8, 4) is 0 Å². The number of benzene rings is 2. The molecule has 2 nitrogen and oxygen atoms in total. The lowest BCUT2D eigenvalue weighted by Gasteiger charge is -2.32. The van der Waals surface area contributed by atoms with Gasteiger partial charge < -0.3 is 4.90 Å². The molecule has 0 saturated heterocycles. The molecule has 0 spiro atoms. The molecular formula is C22H26N2. The third kappa shape index (κ3) is 4.94. The molecule has 24 heavy (non-hydrogen) atoms. The average Bonchev–Trinajstić information content (AvgIpc) is 2.60. The summed E-state index contributed by atoms with van der Waals surface area (Å²) < 4.78 is 0. The second kappa shape index (κ2) is 8.66. The van der Waals surface area contributed by atoms with E-state index in [-0.39, 0.29) is 0 Å². The Morgan fingerprint density at radius 3 is 2.29 bits per heavy atom. The first kappa shape index (κ1) is 16.7. The van der Waals surface area contributed by atoms with Crippen LogP contribution in [0.1, 0.15) is 30.4 Å². The molecular weight excluding hydrogens is 292 g/mol. The molecule has 2 aromatic rings. The zero-order valence-electron chi connectivity index (χ0n) is 14.3. The van der Waals surface area contributed by atoms with E-state index in [1.54, 1.807) is 0 Å². The fourth-order valence-electron chi connectivity index (χ4n) is 3.34. The minimum Gasteiger partial charge on any atom is -0.302 e. The highest BCUT2D eigenvalue weighted by Gasteiger charge is 2.20. The zero-order chi connectivity index (χ0) is 16.6. The molecule has 0 aromatic heterocycles. The molecule has 1 saturated carbocycles. The topological polar surface area (TPSA) is 7.60 Å². The van der Waals surface area contributed by atoms with E-state index in [1.165, 1.54) is 36.9 Å². The smallest absolute Gasteiger partial charge is 0.187 e. The van der Waals surface area contributed by atoms with Gasteiger partial charge in [-0.05, 0) is 37.2 Å². The van der Waals surface area contributed by atoms with Crippen LogP contribution < -0.4 is 0 Å². The molecule has 0 heterocycles. The summed E-state index contributed by atoms with van der Waals surface area (Å²) in [4.78, 5) is 6.17. The van der Waals surface area contributed by atoms with Crippen molar-refractivity contribution < 1.29 is 0 Å². The Balaban J connectivity index is 1.55. The van der Waals surface area contributed by atoms with Gasteiger partial charge in [0.15, 0.2) is 5.69 Å². The van der Waals surface area contributed by atoms with E-state index < -0.39 is 0 Å². The van der Waals surface area contributed by atoms with Gasteiger partial charge >= 0.3 is 0 Å². The maximum Gasteiger partial charge on any atom is 0.187 e. The summed E-state index contributed by atoms with van der Waals surface area (Å²) >= 11 is 0. The highest BCUT2D eigenvalue weighted by atomic mass is 15.1. The van der Waals surface area contributed by atoms with Crippen LogP contribution in [0.15, 0.2) is 54.6 Å². The van der Waals surface area contributed by atoms with Gasteiger partial charge in [0.25, 0.3) is 0 Å². The second-order valence-corrected chi connectivity index (χ2v) is 6.86. The minimum absolute atomic E-state index is 0.752. The van der Waals surface area contributed by atoms with Gasteiger partial charge in [0.2, 0.25) is 0 Å². The standard InChI is InChI=1S/C22H26N2/c1-23-22-12-6-9-20(17-22)14-16-24(18-21-10-5-11-21)15-13-19-7-3-2-4-8-19/h2-4,6-9,12,17,21H,5,10-11,13-16,18H2. The van der Waals surface area contributed by atoms with Crippen molar-refractivity contribution >= 4 is 5.69 Å². The van der Waals surface area contributed by atoms with Crippen molar-refractivity contribution in [1.82, 2.24) is 4.90 Å². The van der Waals surface area contributed by atoms with Crippen LogP contribution in [-0.4, -0.2) is 24.5 Å². The summed E-state index contributed by atoms with van der Waals surface area (Å²) in [6.07, 6.45) is 6.36. The number of rotatable bonds is 8. The SMILES string of the molecule is [C-]#[N+]c1cccc(CCN(CCc2ccccc2)CC2CCC2)c1. The van der Waals surface area contributed by atoms with E-state index in [9.17, 15) is 0 Å². The summed E-state index contributed by atoms with van der Waals surface area (Å²) in [5.41, 5.74) is 3.45. The fraction of sp³-hybridized carbons (Fsp3) is 0.409. The molecule has 2 aromatic carbocycles. The fourth-order valence-corrected chi connectivity index (χ4v) is 3.34. The Hall–Kier alpha value is -2.11. The van der Waals surface area contributed by atoms with E-state index in [0.29, 0.717) is 0 Å². The van der Waals surface area contributed by atoms with Gasteiger partial charge in [-0.2, -0.15) is 0 Å². The van der Waals surface area contributed by atoms with Crippen LogP contribution in [0.2, 0.25) is 0 Å². The Kier molecular flexibility index (Phi) is 6.04. The third-order valence-electron chi connectivity index (χ3n) is 5.06. The third-order valence-corrected chi connectivity index (χ3v) is 5.06. The minimum atomic E-state index is 0.752. The lowest BCUT2D eigenvalue weighted by molar-refractivity contribution is 0.180. The molecule has 0 unspecified atom stereocenters. The van der Waals surface area contributed by atoms with Gasteiger partial charge in [-0.1, -0.05) is 66.6 Å². The van der Waals surface area contributed by atoms with Gasteiger partial charge in [-0.15, -0.1) is 0 Å². The van der Waals surface area contributed by atoms with Crippen molar-refractivity contribution in [3.63, 3.8) is 0 Å². The maximum atomic E-state index is 7.16. The number of hydrogen-bond acceptors (Lipinski definition) is 1. The normalized spacial score (nSPS) is 14.3. The van der Waals surface area contributed by atoms with Crippen molar-refractivity contribution in [2.24, 2.45) is 5.92 Å². The lowest BCUT2D eigenvalue weighted by Crippen LogP contribution is -2.35. The summed E-state index contributed by atoms with van der Waals surface area (Å²) in [6, 6.07) is 18.9. The van der Waals surface area contributed by atoms with Gasteiger partial charge in [-0.25, -0.2) is 4.85 Å². The monoisotopic (exact) mass is 318 g/mol. The Morgan fingerprint density at radius 2 is 1.62 bits per heavy atom. The summed E-state index contributed by atoms with van der Waals surface area (Å²) in [5.74, 6) is 0.898. The molecule has 1 aliphatic rings. The molecule has 0 amide bonds. The number of hydrogen-bond donors (Lipinski definition) is 0. The lowest BCUT2D eigenvalue weighted by atomic mass is 9.85. The summed E-state index contributed by atoms with van der Waals surface area (Å²) in [5, 5.41) is 0. The van der Waals surface area contributed by atoms with E-state index in [1.807, 2.05) is 18.2 Å². The molecule has 1 aliphatic carbocycles. The Labute approximate surface area is 145 Å². The van der Waals surface area contributed by atoms with Crippen LogP contribution in [0.5, 0.6) is 0 Å². The van der Waals surface area contributed by atoms with Crippen LogP contribution in [0.3, 0.4) is 0 Å². The molecule has 0 atom stereocenters. The van der Waals surface area contributed by atoms with E-state index >= 15 is 0 Å². The van der Waals surface area contributed by atoms with Crippen molar-refractivity contribution in [3.05, 3.63) is 77.1 Å². The van der Waals surface area contributed by atoms with Crippen LogP contribution in [-0.2, 0) is 12.8 Å². The summed E-state index contributed by atoms with van der Waals surface area (Å²) in [6.45, 7) is 10.6. The molecule has 0 bridgehead atoms. The largest absolute Gasteiger partial charge is 0.302 e. The first-order valence-corrected chi connectivity index (χ1v) is 9.06. The quantitative estimate of drug-likeness (QED) is 0.613. The summed E-state index contributed by atoms with van der Waals surface area (Å²) in [7, 11) is 0. The van der Waals surface area contributed by atoms with Gasteiger partial charge in [-0.3, -0.25) is 0 Å². The van der Waals surface area contributed by atoms with Crippen LogP contribution >= 0.6 is 0 Å². The van der Waals surface area contributed by atoms with Crippen LogP contribution in [0, 0.1) is 12.5 Å². The van der Waals surface area contributed by atoms with Crippen molar-refractivity contribution in [2.75, 3.05) is 19.6 Å². The van der Waals surface area contributed by atoms with Crippen molar-refractivity contribution in [2.45, 2.75) is 32.1 Å². The predicted octanol–water partition coefficient (Wildman–Crippen LogP) is 5.12.